The molecular weight excluding hydrogens is 218 g/mol. The van der Waals surface area contributed by atoms with Crippen molar-refractivity contribution >= 4 is 31.3 Å². The third kappa shape index (κ3) is 3.91. The standard InChI is InChI=1S/C11H15B2O4/c1-11(2,3)12-8-6-7(10(14)15)4-5-9(8)13(16)17/h4-6,16-17H,1-3H3,(H,14,15). The van der Waals surface area contributed by atoms with Crippen LogP contribution in [0.25, 0.3) is 0 Å². The molecule has 17 heavy (non-hydrogen) atoms. The maximum atomic E-state index is 10.9. The zero-order valence-electron chi connectivity index (χ0n) is 10.1. The fraction of sp³-hybridized carbons (Fsp3) is 0.364. The van der Waals surface area contributed by atoms with E-state index in [4.69, 9.17) is 5.11 Å². The van der Waals surface area contributed by atoms with E-state index in [9.17, 15) is 14.8 Å². The molecule has 0 saturated carbocycles. The number of rotatable bonds is 3. The molecule has 0 aliphatic heterocycles. The monoisotopic (exact) mass is 233 g/mol. The summed E-state index contributed by atoms with van der Waals surface area (Å²) < 4.78 is 0. The van der Waals surface area contributed by atoms with Gasteiger partial charge in [0.1, 0.15) is 0 Å². The van der Waals surface area contributed by atoms with Crippen molar-refractivity contribution in [1.82, 2.24) is 0 Å². The fourth-order valence-corrected chi connectivity index (χ4v) is 1.53. The zero-order valence-corrected chi connectivity index (χ0v) is 10.1. The SMILES string of the molecule is CC(C)(C)[B]c1cc(C(=O)O)ccc1B(O)O. The van der Waals surface area contributed by atoms with Crippen LogP contribution in [0.2, 0.25) is 5.31 Å². The highest BCUT2D eigenvalue weighted by molar-refractivity contribution is 6.70. The normalized spacial score (nSPS) is 11.1. The maximum absolute atomic E-state index is 10.9. The highest BCUT2D eigenvalue weighted by atomic mass is 16.4. The summed E-state index contributed by atoms with van der Waals surface area (Å²) in [4.78, 5) is 10.9. The van der Waals surface area contributed by atoms with Crippen LogP contribution in [0.1, 0.15) is 31.1 Å². The van der Waals surface area contributed by atoms with Gasteiger partial charge in [0, 0.05) is 0 Å². The van der Waals surface area contributed by atoms with Crippen molar-refractivity contribution in [1.29, 1.82) is 0 Å². The van der Waals surface area contributed by atoms with Crippen LogP contribution >= 0.6 is 0 Å². The summed E-state index contributed by atoms with van der Waals surface area (Å²) in [5, 5.41) is 27.2. The van der Waals surface area contributed by atoms with Gasteiger partial charge in [0.25, 0.3) is 0 Å². The molecule has 4 nitrogen and oxygen atoms in total. The Hall–Kier alpha value is -1.26. The minimum Gasteiger partial charge on any atom is -0.478 e. The molecule has 1 radical (unpaired) electrons. The van der Waals surface area contributed by atoms with Crippen LogP contribution in [-0.4, -0.2) is 35.5 Å². The third-order valence-corrected chi connectivity index (χ3v) is 2.20. The number of carboxylic acid groups (broad SMARTS) is 1. The summed E-state index contributed by atoms with van der Waals surface area (Å²) in [7, 11) is 0.209. The highest BCUT2D eigenvalue weighted by Gasteiger charge is 2.22. The Morgan fingerprint density at radius 2 is 1.88 bits per heavy atom. The van der Waals surface area contributed by atoms with Crippen molar-refractivity contribution in [3.63, 3.8) is 0 Å². The summed E-state index contributed by atoms with van der Waals surface area (Å²) in [6, 6.07) is 4.23. The number of carbonyl (C=O) groups is 1. The Kier molecular flexibility index (Phi) is 4.01. The van der Waals surface area contributed by atoms with Crippen molar-refractivity contribution in [2.45, 2.75) is 26.1 Å². The van der Waals surface area contributed by atoms with Crippen molar-refractivity contribution in [3.8, 4) is 0 Å². The molecule has 0 heterocycles. The predicted octanol–water partition coefficient (Wildman–Crippen LogP) is -0.387. The van der Waals surface area contributed by atoms with E-state index in [1.165, 1.54) is 18.2 Å². The van der Waals surface area contributed by atoms with E-state index in [-0.39, 0.29) is 10.9 Å². The Morgan fingerprint density at radius 3 is 2.29 bits per heavy atom. The van der Waals surface area contributed by atoms with Crippen LogP contribution in [-0.2, 0) is 0 Å². The summed E-state index contributed by atoms with van der Waals surface area (Å²) in [5.41, 5.74) is 0.974. The maximum Gasteiger partial charge on any atom is 0.487 e. The van der Waals surface area contributed by atoms with Gasteiger partial charge in [-0.1, -0.05) is 43.7 Å². The van der Waals surface area contributed by atoms with Crippen LogP contribution in [0.5, 0.6) is 0 Å². The first kappa shape index (κ1) is 13.8. The van der Waals surface area contributed by atoms with E-state index in [1.54, 1.807) is 0 Å². The van der Waals surface area contributed by atoms with Crippen LogP contribution in [0.4, 0.5) is 0 Å². The summed E-state index contributed by atoms with van der Waals surface area (Å²) >= 11 is 0. The lowest BCUT2D eigenvalue weighted by Gasteiger charge is -2.19. The van der Waals surface area contributed by atoms with Gasteiger partial charge in [-0.3, -0.25) is 0 Å². The second-order valence-corrected chi connectivity index (χ2v) is 5.03. The molecule has 0 aliphatic rings. The van der Waals surface area contributed by atoms with Gasteiger partial charge in [0.15, 0.2) is 7.28 Å². The molecule has 0 unspecified atom stereocenters. The number of hydrogen-bond acceptors (Lipinski definition) is 3. The minimum absolute atomic E-state index is 0.130. The van der Waals surface area contributed by atoms with E-state index in [0.29, 0.717) is 10.9 Å². The fourth-order valence-electron chi connectivity index (χ4n) is 1.53. The van der Waals surface area contributed by atoms with E-state index in [0.717, 1.165) is 0 Å². The first-order chi connectivity index (χ1) is 7.70. The van der Waals surface area contributed by atoms with Gasteiger partial charge in [-0.25, -0.2) is 4.79 Å². The molecule has 0 spiro atoms. The second kappa shape index (κ2) is 4.94. The van der Waals surface area contributed by atoms with E-state index in [1.807, 2.05) is 28.1 Å². The molecule has 0 bridgehead atoms. The average Bonchev–Trinajstić information content (AvgIpc) is 2.14. The van der Waals surface area contributed by atoms with E-state index in [2.05, 4.69) is 0 Å². The number of carboxylic acids is 1. The van der Waals surface area contributed by atoms with Gasteiger partial charge in [-0.2, -0.15) is 0 Å². The third-order valence-electron chi connectivity index (χ3n) is 2.20. The summed E-state index contributed by atoms with van der Waals surface area (Å²) in [6.45, 7) is 5.86. The Bertz CT molecular complexity index is 424. The summed E-state index contributed by atoms with van der Waals surface area (Å²) in [5.74, 6) is -1.03. The highest BCUT2D eigenvalue weighted by Crippen LogP contribution is 2.19. The number of aromatic carboxylic acids is 1. The van der Waals surface area contributed by atoms with Crippen LogP contribution in [0.3, 0.4) is 0 Å². The lowest BCUT2D eigenvalue weighted by Crippen LogP contribution is -2.46. The van der Waals surface area contributed by atoms with Gasteiger partial charge < -0.3 is 15.2 Å². The molecule has 89 valence electrons. The number of hydrogen-bond donors (Lipinski definition) is 3. The second-order valence-electron chi connectivity index (χ2n) is 5.03. The Balaban J connectivity index is 3.21. The van der Waals surface area contributed by atoms with Crippen LogP contribution < -0.4 is 10.9 Å². The average molecular weight is 233 g/mol. The zero-order chi connectivity index (χ0) is 13.2. The molecule has 0 aliphatic carbocycles. The molecular formula is C11H15B2O4. The van der Waals surface area contributed by atoms with Crippen molar-refractivity contribution in [2.75, 3.05) is 0 Å². The molecule has 1 aromatic carbocycles. The summed E-state index contributed by atoms with van der Waals surface area (Å²) in [6.07, 6.45) is 0. The molecule has 0 atom stereocenters. The molecule has 0 fully saturated rings. The molecule has 6 heteroatoms. The molecule has 0 amide bonds. The van der Waals surface area contributed by atoms with Crippen molar-refractivity contribution in [2.24, 2.45) is 0 Å². The van der Waals surface area contributed by atoms with Crippen LogP contribution in [0, 0.1) is 0 Å². The Morgan fingerprint density at radius 1 is 1.29 bits per heavy atom. The van der Waals surface area contributed by atoms with E-state index < -0.39 is 13.1 Å². The lowest BCUT2D eigenvalue weighted by atomic mass is 9.48. The lowest BCUT2D eigenvalue weighted by molar-refractivity contribution is 0.0697. The number of benzene rings is 1. The van der Waals surface area contributed by atoms with Gasteiger partial charge in [0.05, 0.1) is 5.56 Å². The van der Waals surface area contributed by atoms with Gasteiger partial charge in [-0.15, -0.1) is 0 Å². The quantitative estimate of drug-likeness (QED) is 0.621. The molecule has 3 N–H and O–H groups in total. The first-order valence-corrected chi connectivity index (χ1v) is 5.30. The Labute approximate surface area is 102 Å². The topological polar surface area (TPSA) is 77.8 Å². The molecule has 1 aromatic rings. The minimum atomic E-state index is -1.61. The van der Waals surface area contributed by atoms with Gasteiger partial charge in [-0.05, 0) is 11.5 Å². The van der Waals surface area contributed by atoms with Crippen LogP contribution in [0.15, 0.2) is 18.2 Å². The van der Waals surface area contributed by atoms with E-state index >= 15 is 0 Å². The largest absolute Gasteiger partial charge is 0.487 e. The predicted molar refractivity (Wildman–Crippen MR) is 68.3 cm³/mol. The van der Waals surface area contributed by atoms with Gasteiger partial charge in [0.2, 0.25) is 0 Å². The smallest absolute Gasteiger partial charge is 0.478 e. The van der Waals surface area contributed by atoms with Gasteiger partial charge >= 0.3 is 13.1 Å². The molecule has 0 aromatic heterocycles. The molecule has 0 saturated heterocycles. The van der Waals surface area contributed by atoms with Crippen molar-refractivity contribution in [3.05, 3.63) is 23.8 Å². The van der Waals surface area contributed by atoms with Crippen molar-refractivity contribution < 1.29 is 19.9 Å². The first-order valence-electron chi connectivity index (χ1n) is 5.30. The molecule has 1 rings (SSSR count).